The zero-order chi connectivity index (χ0) is 13.1. The van der Waals surface area contributed by atoms with Gasteiger partial charge < -0.3 is 16.4 Å². The largest absolute Gasteiger partial charge is 0.353 e. The molecular formula is C12H19N5S. The van der Waals surface area contributed by atoms with E-state index in [0.29, 0.717) is 13.1 Å². The third-order valence-electron chi connectivity index (χ3n) is 3.04. The van der Waals surface area contributed by atoms with Gasteiger partial charge in [-0.05, 0) is 19.4 Å². The number of anilines is 1. The monoisotopic (exact) mass is 265 g/mol. The highest BCUT2D eigenvalue weighted by Gasteiger charge is 2.16. The van der Waals surface area contributed by atoms with Gasteiger partial charge in [-0.1, -0.05) is 0 Å². The second-order valence-electron chi connectivity index (χ2n) is 4.23. The Balaban J connectivity index is 2.54. The molecule has 0 aromatic carbocycles. The number of nitrogens with two attached hydrogens (primary N) is 2. The van der Waals surface area contributed by atoms with Crippen molar-refractivity contribution in [3.05, 3.63) is 16.8 Å². The summed E-state index contributed by atoms with van der Waals surface area (Å²) in [4.78, 5) is 13.2. The molecule has 0 fully saturated rings. The number of hydrogen-bond donors (Lipinski definition) is 2. The predicted molar refractivity (Wildman–Crippen MR) is 77.2 cm³/mol. The van der Waals surface area contributed by atoms with E-state index in [9.17, 15) is 0 Å². The molecule has 6 heteroatoms. The van der Waals surface area contributed by atoms with Crippen LogP contribution in [0, 0.1) is 13.8 Å². The van der Waals surface area contributed by atoms with Crippen molar-refractivity contribution < 1.29 is 0 Å². The lowest BCUT2D eigenvalue weighted by atomic mass is 10.2. The average molecular weight is 265 g/mol. The maximum atomic E-state index is 5.66. The molecule has 0 bridgehead atoms. The van der Waals surface area contributed by atoms with Crippen LogP contribution >= 0.6 is 11.3 Å². The fraction of sp³-hybridized carbons (Fsp3) is 0.500. The number of fused-ring (bicyclic) bond motifs is 1. The van der Waals surface area contributed by atoms with E-state index in [2.05, 4.69) is 28.7 Å². The minimum absolute atomic E-state index is 0.591. The van der Waals surface area contributed by atoms with Crippen LogP contribution in [0.1, 0.15) is 10.4 Å². The molecule has 2 heterocycles. The van der Waals surface area contributed by atoms with E-state index in [4.69, 9.17) is 11.5 Å². The molecule has 0 aliphatic heterocycles. The van der Waals surface area contributed by atoms with Crippen LogP contribution in [0.4, 0.5) is 5.82 Å². The SMILES string of the molecule is Cc1sc2ncnc(N(CCN)CCN)c2c1C. The summed E-state index contributed by atoms with van der Waals surface area (Å²) in [5.41, 5.74) is 12.6. The molecule has 4 N–H and O–H groups in total. The van der Waals surface area contributed by atoms with Crippen LogP contribution in [0.15, 0.2) is 6.33 Å². The van der Waals surface area contributed by atoms with Crippen LogP contribution in [-0.4, -0.2) is 36.1 Å². The van der Waals surface area contributed by atoms with Gasteiger partial charge in [-0.3, -0.25) is 0 Å². The molecule has 0 amide bonds. The van der Waals surface area contributed by atoms with Gasteiger partial charge in [-0.2, -0.15) is 0 Å². The number of nitrogens with zero attached hydrogens (tertiary/aromatic N) is 3. The maximum Gasteiger partial charge on any atom is 0.141 e. The number of aryl methyl sites for hydroxylation is 2. The first-order valence-electron chi connectivity index (χ1n) is 6.04. The molecule has 0 radical (unpaired) electrons. The Morgan fingerprint density at radius 2 is 1.83 bits per heavy atom. The average Bonchev–Trinajstić information content (AvgIpc) is 2.65. The second kappa shape index (κ2) is 5.60. The lowest BCUT2D eigenvalue weighted by Gasteiger charge is -2.23. The lowest BCUT2D eigenvalue weighted by molar-refractivity contribution is 0.772. The quantitative estimate of drug-likeness (QED) is 0.844. The van der Waals surface area contributed by atoms with E-state index >= 15 is 0 Å². The molecular weight excluding hydrogens is 246 g/mol. The van der Waals surface area contributed by atoms with E-state index < -0.39 is 0 Å². The Labute approximate surface area is 111 Å². The molecule has 0 aliphatic rings. The highest BCUT2D eigenvalue weighted by molar-refractivity contribution is 7.18. The lowest BCUT2D eigenvalue weighted by Crippen LogP contribution is -2.34. The Hall–Kier alpha value is -1.24. The highest BCUT2D eigenvalue weighted by Crippen LogP contribution is 2.33. The van der Waals surface area contributed by atoms with Crippen LogP contribution in [-0.2, 0) is 0 Å². The molecule has 18 heavy (non-hydrogen) atoms. The Kier molecular flexibility index (Phi) is 4.11. The minimum Gasteiger partial charge on any atom is -0.353 e. The second-order valence-corrected chi connectivity index (χ2v) is 5.43. The Bertz CT molecular complexity index is 530. The first-order chi connectivity index (χ1) is 8.69. The maximum absolute atomic E-state index is 5.66. The zero-order valence-electron chi connectivity index (χ0n) is 10.8. The highest BCUT2D eigenvalue weighted by atomic mass is 32.1. The molecule has 2 rings (SSSR count). The number of thiophene rings is 1. The topological polar surface area (TPSA) is 81.1 Å². The van der Waals surface area contributed by atoms with Gasteiger partial charge in [0, 0.05) is 31.1 Å². The number of hydrogen-bond acceptors (Lipinski definition) is 6. The molecule has 2 aromatic rings. The third-order valence-corrected chi connectivity index (χ3v) is 4.16. The third kappa shape index (κ3) is 2.31. The van der Waals surface area contributed by atoms with Crippen LogP contribution in [0.25, 0.3) is 10.2 Å². The van der Waals surface area contributed by atoms with Crippen molar-refractivity contribution in [2.75, 3.05) is 31.1 Å². The molecule has 0 unspecified atom stereocenters. The van der Waals surface area contributed by atoms with Gasteiger partial charge in [0.15, 0.2) is 0 Å². The summed E-state index contributed by atoms with van der Waals surface area (Å²) in [6.45, 7) is 6.93. The minimum atomic E-state index is 0.591. The van der Waals surface area contributed by atoms with Gasteiger partial charge in [0.25, 0.3) is 0 Å². The van der Waals surface area contributed by atoms with Crippen molar-refractivity contribution in [1.82, 2.24) is 9.97 Å². The normalized spacial score (nSPS) is 11.1. The summed E-state index contributed by atoms with van der Waals surface area (Å²) in [6.07, 6.45) is 1.62. The molecule has 98 valence electrons. The van der Waals surface area contributed by atoms with Crippen LogP contribution in [0.3, 0.4) is 0 Å². The molecule has 0 aliphatic carbocycles. The van der Waals surface area contributed by atoms with E-state index in [1.807, 2.05) is 0 Å². The first-order valence-corrected chi connectivity index (χ1v) is 6.86. The van der Waals surface area contributed by atoms with E-state index in [1.54, 1.807) is 17.7 Å². The standard InChI is InChI=1S/C12H19N5S/c1-8-9(2)18-12-10(8)11(15-7-16-12)17(5-3-13)6-4-14/h7H,3-6,13-14H2,1-2H3. The molecule has 0 saturated heterocycles. The number of aromatic nitrogens is 2. The van der Waals surface area contributed by atoms with Gasteiger partial charge >= 0.3 is 0 Å². The van der Waals surface area contributed by atoms with E-state index in [0.717, 1.165) is 29.1 Å². The van der Waals surface area contributed by atoms with Gasteiger partial charge in [-0.15, -0.1) is 11.3 Å². The van der Waals surface area contributed by atoms with E-state index in [-0.39, 0.29) is 0 Å². The van der Waals surface area contributed by atoms with Crippen LogP contribution < -0.4 is 16.4 Å². The summed E-state index contributed by atoms with van der Waals surface area (Å²) < 4.78 is 0. The van der Waals surface area contributed by atoms with Crippen molar-refractivity contribution in [2.24, 2.45) is 11.5 Å². The predicted octanol–water partition coefficient (Wildman–Crippen LogP) is 1.03. The van der Waals surface area contributed by atoms with Crippen molar-refractivity contribution in [2.45, 2.75) is 13.8 Å². The fourth-order valence-corrected chi connectivity index (χ4v) is 3.03. The van der Waals surface area contributed by atoms with Gasteiger partial charge in [0.05, 0.1) is 5.39 Å². The summed E-state index contributed by atoms with van der Waals surface area (Å²) in [6, 6.07) is 0. The summed E-state index contributed by atoms with van der Waals surface area (Å²) in [5.74, 6) is 0.956. The molecule has 0 atom stereocenters. The number of rotatable bonds is 5. The fourth-order valence-electron chi connectivity index (χ4n) is 2.04. The van der Waals surface area contributed by atoms with Gasteiger partial charge in [-0.25, -0.2) is 9.97 Å². The molecule has 5 nitrogen and oxygen atoms in total. The molecule has 0 saturated carbocycles. The Morgan fingerprint density at radius 1 is 1.17 bits per heavy atom. The molecule has 2 aromatic heterocycles. The summed E-state index contributed by atoms with van der Waals surface area (Å²) in [5, 5.41) is 1.14. The van der Waals surface area contributed by atoms with Crippen LogP contribution in [0.5, 0.6) is 0 Å². The molecule has 0 spiro atoms. The Morgan fingerprint density at radius 3 is 2.44 bits per heavy atom. The van der Waals surface area contributed by atoms with Crippen molar-refractivity contribution in [3.63, 3.8) is 0 Å². The van der Waals surface area contributed by atoms with Crippen molar-refractivity contribution in [3.8, 4) is 0 Å². The summed E-state index contributed by atoms with van der Waals surface area (Å²) >= 11 is 1.71. The first kappa shape index (κ1) is 13.2. The van der Waals surface area contributed by atoms with Gasteiger partial charge in [0.2, 0.25) is 0 Å². The van der Waals surface area contributed by atoms with Crippen molar-refractivity contribution in [1.29, 1.82) is 0 Å². The smallest absolute Gasteiger partial charge is 0.141 e. The van der Waals surface area contributed by atoms with E-state index in [1.165, 1.54) is 10.4 Å². The van der Waals surface area contributed by atoms with Gasteiger partial charge in [0.1, 0.15) is 17.0 Å². The van der Waals surface area contributed by atoms with Crippen LogP contribution in [0.2, 0.25) is 0 Å². The van der Waals surface area contributed by atoms with Crippen molar-refractivity contribution >= 4 is 27.4 Å². The zero-order valence-corrected chi connectivity index (χ0v) is 11.6. The summed E-state index contributed by atoms with van der Waals surface area (Å²) in [7, 11) is 0.